The van der Waals surface area contributed by atoms with Crippen LogP contribution in [-0.4, -0.2) is 15.0 Å². The maximum atomic E-state index is 4.60. The van der Waals surface area contributed by atoms with Gasteiger partial charge in [0.25, 0.3) is 0 Å². The van der Waals surface area contributed by atoms with Crippen LogP contribution in [0.15, 0.2) is 21.1 Å². The Hall–Kier alpha value is -0.420. The van der Waals surface area contributed by atoms with E-state index < -0.39 is 0 Å². The number of aromatic nitrogens is 3. The average molecular weight is 389 g/mol. The van der Waals surface area contributed by atoms with Crippen LogP contribution in [0.25, 0.3) is 11.0 Å². The molecule has 1 unspecified atom stereocenters. The van der Waals surface area contributed by atoms with Gasteiger partial charge in [-0.15, -0.1) is 0 Å². The first-order valence-electron chi connectivity index (χ1n) is 6.84. The molecule has 5 heteroatoms. The van der Waals surface area contributed by atoms with Crippen LogP contribution in [0, 0.1) is 5.92 Å². The second kappa shape index (κ2) is 6.84. The lowest BCUT2D eigenvalue weighted by atomic mass is 10.00. The third-order valence-corrected chi connectivity index (χ3v) is 4.73. The minimum Gasteiger partial charge on any atom is -0.183 e. The van der Waals surface area contributed by atoms with Gasteiger partial charge in [-0.1, -0.05) is 33.1 Å². The van der Waals surface area contributed by atoms with Crippen molar-refractivity contribution in [3.8, 4) is 0 Å². The highest BCUT2D eigenvalue weighted by molar-refractivity contribution is 9.11. The van der Waals surface area contributed by atoms with Crippen LogP contribution in [-0.2, 0) is 6.54 Å². The van der Waals surface area contributed by atoms with Crippen LogP contribution in [0.5, 0.6) is 0 Å². The highest BCUT2D eigenvalue weighted by Gasteiger charge is 2.13. The first kappa shape index (κ1) is 15.0. The zero-order chi connectivity index (χ0) is 13.8. The van der Waals surface area contributed by atoms with E-state index >= 15 is 0 Å². The molecule has 1 heterocycles. The fourth-order valence-electron chi connectivity index (χ4n) is 2.20. The van der Waals surface area contributed by atoms with E-state index in [2.05, 4.69) is 55.9 Å². The number of rotatable bonds is 6. The van der Waals surface area contributed by atoms with Crippen molar-refractivity contribution in [3.05, 3.63) is 21.1 Å². The summed E-state index contributed by atoms with van der Waals surface area (Å²) in [7, 11) is 0. The molecular weight excluding hydrogens is 370 g/mol. The molecule has 1 atom stereocenters. The van der Waals surface area contributed by atoms with Gasteiger partial charge in [0.2, 0.25) is 0 Å². The number of fused-ring (bicyclic) bond motifs is 1. The average Bonchev–Trinajstić information content (AvgIpc) is 2.84. The molecule has 1 aromatic heterocycles. The Morgan fingerprint density at radius 2 is 1.68 bits per heavy atom. The smallest absolute Gasteiger partial charge is 0.128 e. The number of hydrogen-bond donors (Lipinski definition) is 0. The molecule has 2 rings (SSSR count). The van der Waals surface area contributed by atoms with E-state index in [9.17, 15) is 0 Å². The van der Waals surface area contributed by atoms with E-state index in [1.54, 1.807) is 0 Å². The van der Waals surface area contributed by atoms with Crippen LogP contribution in [0.3, 0.4) is 0 Å². The van der Waals surface area contributed by atoms with Gasteiger partial charge in [0, 0.05) is 8.95 Å². The quantitative estimate of drug-likeness (QED) is 0.683. The first-order chi connectivity index (χ1) is 9.15. The summed E-state index contributed by atoms with van der Waals surface area (Å²) in [6.45, 7) is 5.39. The first-order valence-corrected chi connectivity index (χ1v) is 8.43. The second-order valence-electron chi connectivity index (χ2n) is 4.90. The molecule has 1 aromatic carbocycles. The van der Waals surface area contributed by atoms with Crippen LogP contribution >= 0.6 is 31.9 Å². The molecule has 0 aliphatic heterocycles. The summed E-state index contributed by atoms with van der Waals surface area (Å²) in [4.78, 5) is 1.85. The molecule has 0 aliphatic rings. The van der Waals surface area contributed by atoms with E-state index in [1.165, 1.54) is 25.7 Å². The van der Waals surface area contributed by atoms with Crippen molar-refractivity contribution in [1.82, 2.24) is 15.0 Å². The summed E-state index contributed by atoms with van der Waals surface area (Å²) >= 11 is 7.07. The van der Waals surface area contributed by atoms with Gasteiger partial charge in [-0.25, -0.2) is 0 Å². The summed E-state index contributed by atoms with van der Waals surface area (Å²) in [5.74, 6) is 0.666. The zero-order valence-corrected chi connectivity index (χ0v) is 14.5. The third kappa shape index (κ3) is 3.57. The summed E-state index contributed by atoms with van der Waals surface area (Å²) in [5, 5.41) is 9.20. The number of halogens is 2. The summed E-state index contributed by atoms with van der Waals surface area (Å²) in [6.07, 6.45) is 4.97. The van der Waals surface area contributed by atoms with Gasteiger partial charge in [0.05, 0.1) is 6.54 Å². The van der Waals surface area contributed by atoms with Crippen molar-refractivity contribution in [1.29, 1.82) is 0 Å². The Morgan fingerprint density at radius 1 is 1.11 bits per heavy atom. The predicted molar refractivity (Wildman–Crippen MR) is 86.2 cm³/mol. The van der Waals surface area contributed by atoms with E-state index in [0.29, 0.717) is 5.92 Å². The highest BCUT2D eigenvalue weighted by Crippen LogP contribution is 2.27. The topological polar surface area (TPSA) is 30.7 Å². The normalized spacial score (nSPS) is 13.1. The molecule has 0 saturated heterocycles. The number of hydrogen-bond acceptors (Lipinski definition) is 2. The predicted octanol–water partition coefficient (Wildman–Crippen LogP) is 5.17. The zero-order valence-electron chi connectivity index (χ0n) is 11.4. The molecule has 104 valence electrons. The second-order valence-corrected chi connectivity index (χ2v) is 6.61. The standard InChI is InChI=1S/C14H19Br2N3/c1-3-5-6-10(4-2)9-19-17-13-11(15)7-8-12(16)14(13)18-19/h7-8,10H,3-6,9H2,1-2H3. The molecule has 0 fully saturated rings. The molecule has 0 bridgehead atoms. The van der Waals surface area contributed by atoms with Crippen molar-refractivity contribution in [2.24, 2.45) is 5.92 Å². The van der Waals surface area contributed by atoms with Gasteiger partial charge < -0.3 is 0 Å². The SMILES string of the molecule is CCCCC(CC)Cn1nc2c(Br)ccc(Br)c2n1. The van der Waals surface area contributed by atoms with E-state index in [4.69, 9.17) is 0 Å². The Kier molecular flexibility index (Phi) is 5.39. The third-order valence-electron chi connectivity index (χ3n) is 3.45. The van der Waals surface area contributed by atoms with Crippen molar-refractivity contribution >= 4 is 42.9 Å². The maximum absolute atomic E-state index is 4.60. The van der Waals surface area contributed by atoms with Gasteiger partial charge in [0.1, 0.15) is 11.0 Å². The summed E-state index contributed by atoms with van der Waals surface area (Å²) in [5.41, 5.74) is 1.86. The van der Waals surface area contributed by atoms with E-state index in [1.807, 2.05) is 16.9 Å². The highest BCUT2D eigenvalue weighted by atomic mass is 79.9. The Labute approximate surface area is 131 Å². The van der Waals surface area contributed by atoms with Crippen molar-refractivity contribution in [3.63, 3.8) is 0 Å². The van der Waals surface area contributed by atoms with Crippen LogP contribution in [0.4, 0.5) is 0 Å². The number of unbranched alkanes of at least 4 members (excludes halogenated alkanes) is 1. The fraction of sp³-hybridized carbons (Fsp3) is 0.571. The molecule has 2 aromatic rings. The Morgan fingerprint density at radius 3 is 2.16 bits per heavy atom. The minimum atomic E-state index is 0.666. The van der Waals surface area contributed by atoms with E-state index in [0.717, 1.165) is 26.5 Å². The summed E-state index contributed by atoms with van der Waals surface area (Å²) in [6, 6.07) is 4.00. The van der Waals surface area contributed by atoms with Crippen molar-refractivity contribution in [2.45, 2.75) is 46.1 Å². The molecule has 0 amide bonds. The molecule has 0 radical (unpaired) electrons. The maximum Gasteiger partial charge on any atom is 0.128 e. The van der Waals surface area contributed by atoms with Gasteiger partial charge in [0.15, 0.2) is 0 Å². The number of benzene rings is 1. The van der Waals surface area contributed by atoms with Gasteiger partial charge >= 0.3 is 0 Å². The molecule has 19 heavy (non-hydrogen) atoms. The van der Waals surface area contributed by atoms with E-state index in [-0.39, 0.29) is 0 Å². The molecule has 0 spiro atoms. The van der Waals surface area contributed by atoms with Crippen LogP contribution in [0.1, 0.15) is 39.5 Å². The molecule has 0 saturated carbocycles. The largest absolute Gasteiger partial charge is 0.183 e. The van der Waals surface area contributed by atoms with Crippen molar-refractivity contribution < 1.29 is 0 Å². The van der Waals surface area contributed by atoms with Crippen LogP contribution < -0.4 is 0 Å². The van der Waals surface area contributed by atoms with Gasteiger partial charge in [-0.2, -0.15) is 15.0 Å². The van der Waals surface area contributed by atoms with Crippen LogP contribution in [0.2, 0.25) is 0 Å². The monoisotopic (exact) mass is 387 g/mol. The lowest BCUT2D eigenvalue weighted by Gasteiger charge is -2.12. The minimum absolute atomic E-state index is 0.666. The molecule has 3 nitrogen and oxygen atoms in total. The molecule has 0 N–H and O–H groups in total. The molecule has 0 aliphatic carbocycles. The fourth-order valence-corrected chi connectivity index (χ4v) is 3.00. The lowest BCUT2D eigenvalue weighted by molar-refractivity contribution is 0.351. The van der Waals surface area contributed by atoms with Gasteiger partial charge in [-0.3, -0.25) is 0 Å². The Balaban J connectivity index is 2.21. The van der Waals surface area contributed by atoms with Gasteiger partial charge in [-0.05, 0) is 56.3 Å². The van der Waals surface area contributed by atoms with Crippen molar-refractivity contribution in [2.75, 3.05) is 0 Å². The summed E-state index contributed by atoms with van der Waals surface area (Å²) < 4.78 is 2.00. The number of nitrogens with zero attached hydrogens (tertiary/aromatic N) is 3. The molecular formula is C14H19Br2N3. The Bertz CT molecular complexity index is 512. The lowest BCUT2D eigenvalue weighted by Crippen LogP contribution is -2.12.